The Morgan fingerprint density at radius 3 is 2.48 bits per heavy atom. The number of anilines is 1. The smallest absolute Gasteiger partial charge is 0.275 e. The van der Waals surface area contributed by atoms with E-state index in [2.05, 4.69) is 10.3 Å². The zero-order chi connectivity index (χ0) is 19.4. The van der Waals surface area contributed by atoms with Crippen molar-refractivity contribution >= 4 is 28.8 Å². The molecule has 3 N–H and O–H groups in total. The number of aromatic nitrogens is 1. The second-order valence-corrected chi connectivity index (χ2v) is 6.98. The lowest BCUT2D eigenvalue weighted by Crippen LogP contribution is -2.29. The Hall–Kier alpha value is -2.65. The van der Waals surface area contributed by atoms with Crippen LogP contribution in [0.25, 0.3) is 0 Å². The van der Waals surface area contributed by atoms with Crippen molar-refractivity contribution in [2.45, 2.75) is 19.4 Å². The first-order valence-corrected chi connectivity index (χ1v) is 9.46. The van der Waals surface area contributed by atoms with Crippen molar-refractivity contribution < 1.29 is 19.1 Å². The number of carbonyl (C=O) groups is 2. The summed E-state index contributed by atoms with van der Waals surface area (Å²) in [6, 6.07) is 3.19. The highest BCUT2D eigenvalue weighted by molar-refractivity contribution is 7.09. The average molecular weight is 390 g/mol. The van der Waals surface area contributed by atoms with E-state index < -0.39 is 5.91 Å². The van der Waals surface area contributed by atoms with Crippen LogP contribution in [0.3, 0.4) is 0 Å². The topological polar surface area (TPSA) is 107 Å². The minimum atomic E-state index is -0.409. The lowest BCUT2D eigenvalue weighted by molar-refractivity contribution is 0.0793. The predicted octanol–water partition coefficient (Wildman–Crippen LogP) is 2.11. The van der Waals surface area contributed by atoms with Crippen LogP contribution in [0, 0.1) is 0 Å². The molecule has 1 aliphatic heterocycles. The highest BCUT2D eigenvalue weighted by atomic mass is 32.1. The standard InChI is InChI=1S/C18H22N4O4S/c1-25-14-7-11(18(24)22-5-3-4-6-22)12(8-15(14)26-2)21-17(23)13-10-27-16(9-19)20-13/h7-8,10H,3-6,9,19H2,1-2H3,(H,21,23). The minimum absolute atomic E-state index is 0.148. The fourth-order valence-corrected chi connectivity index (χ4v) is 3.60. The summed E-state index contributed by atoms with van der Waals surface area (Å²) >= 11 is 1.32. The number of nitrogens with zero attached hydrogens (tertiary/aromatic N) is 2. The first-order valence-electron chi connectivity index (χ1n) is 8.58. The number of benzene rings is 1. The van der Waals surface area contributed by atoms with E-state index in [0.717, 1.165) is 12.8 Å². The summed E-state index contributed by atoms with van der Waals surface area (Å²) in [5.41, 5.74) is 6.53. The first-order chi connectivity index (χ1) is 13.1. The molecule has 2 heterocycles. The van der Waals surface area contributed by atoms with Crippen LogP contribution >= 0.6 is 11.3 Å². The maximum atomic E-state index is 13.0. The summed E-state index contributed by atoms with van der Waals surface area (Å²) in [7, 11) is 3.00. The maximum Gasteiger partial charge on any atom is 0.275 e. The fraction of sp³-hybridized carbons (Fsp3) is 0.389. The van der Waals surface area contributed by atoms with Gasteiger partial charge in [0.15, 0.2) is 11.5 Å². The van der Waals surface area contributed by atoms with Gasteiger partial charge in [-0.15, -0.1) is 11.3 Å². The van der Waals surface area contributed by atoms with E-state index >= 15 is 0 Å². The molecule has 0 bridgehead atoms. The number of hydrogen-bond donors (Lipinski definition) is 2. The maximum absolute atomic E-state index is 13.0. The normalized spacial score (nSPS) is 13.5. The Morgan fingerprint density at radius 1 is 1.22 bits per heavy atom. The molecule has 1 aliphatic rings. The van der Waals surface area contributed by atoms with Gasteiger partial charge >= 0.3 is 0 Å². The number of thiazole rings is 1. The van der Waals surface area contributed by atoms with Crippen molar-refractivity contribution in [2.24, 2.45) is 5.73 Å². The summed E-state index contributed by atoms with van der Waals surface area (Å²) in [6.07, 6.45) is 1.95. The molecule has 1 aromatic heterocycles. The molecular formula is C18H22N4O4S. The van der Waals surface area contributed by atoms with Gasteiger partial charge in [-0.1, -0.05) is 0 Å². The Labute approximate surface area is 161 Å². The molecular weight excluding hydrogens is 368 g/mol. The molecule has 0 radical (unpaired) electrons. The van der Waals surface area contributed by atoms with Crippen LogP contribution in [0.2, 0.25) is 0 Å². The zero-order valence-electron chi connectivity index (χ0n) is 15.3. The molecule has 27 heavy (non-hydrogen) atoms. The molecule has 2 amide bonds. The molecule has 0 unspecified atom stereocenters. The van der Waals surface area contributed by atoms with Gasteiger partial charge in [-0.3, -0.25) is 9.59 Å². The minimum Gasteiger partial charge on any atom is -0.493 e. The molecule has 0 saturated carbocycles. The van der Waals surface area contributed by atoms with Crippen molar-refractivity contribution in [3.8, 4) is 11.5 Å². The van der Waals surface area contributed by atoms with Crippen molar-refractivity contribution in [1.82, 2.24) is 9.88 Å². The zero-order valence-corrected chi connectivity index (χ0v) is 16.1. The van der Waals surface area contributed by atoms with E-state index in [1.807, 2.05) is 0 Å². The third kappa shape index (κ3) is 4.04. The van der Waals surface area contributed by atoms with Gasteiger partial charge in [0.1, 0.15) is 10.7 Å². The molecule has 0 atom stereocenters. The van der Waals surface area contributed by atoms with Crippen molar-refractivity contribution in [3.63, 3.8) is 0 Å². The van der Waals surface area contributed by atoms with Crippen LogP contribution in [-0.4, -0.2) is 49.0 Å². The van der Waals surface area contributed by atoms with E-state index in [0.29, 0.717) is 40.8 Å². The van der Waals surface area contributed by atoms with E-state index in [1.165, 1.54) is 25.6 Å². The average Bonchev–Trinajstić information content (AvgIpc) is 3.38. The van der Waals surface area contributed by atoms with Crippen LogP contribution < -0.4 is 20.5 Å². The van der Waals surface area contributed by atoms with Gasteiger partial charge in [0.25, 0.3) is 11.8 Å². The van der Waals surface area contributed by atoms with Gasteiger partial charge in [0.05, 0.1) is 25.5 Å². The number of likely N-dealkylation sites (tertiary alicyclic amines) is 1. The largest absolute Gasteiger partial charge is 0.493 e. The monoisotopic (exact) mass is 390 g/mol. The van der Waals surface area contributed by atoms with Crippen LogP contribution in [-0.2, 0) is 6.54 Å². The number of amides is 2. The number of nitrogens with one attached hydrogen (secondary N) is 1. The molecule has 144 valence electrons. The Kier molecular flexibility index (Phi) is 5.92. The summed E-state index contributed by atoms with van der Waals surface area (Å²) < 4.78 is 10.6. The van der Waals surface area contributed by atoms with Crippen LogP contribution in [0.15, 0.2) is 17.5 Å². The van der Waals surface area contributed by atoms with Crippen LogP contribution in [0.4, 0.5) is 5.69 Å². The summed E-state index contributed by atoms with van der Waals surface area (Å²) in [5, 5.41) is 5.08. The quantitative estimate of drug-likeness (QED) is 0.782. The first kappa shape index (κ1) is 19.1. The summed E-state index contributed by atoms with van der Waals surface area (Å²) in [6.45, 7) is 1.67. The fourth-order valence-electron chi connectivity index (χ4n) is 2.95. The summed E-state index contributed by atoms with van der Waals surface area (Å²) in [5.74, 6) is 0.294. The van der Waals surface area contributed by atoms with E-state index in [4.69, 9.17) is 15.2 Å². The van der Waals surface area contributed by atoms with Crippen molar-refractivity contribution in [2.75, 3.05) is 32.6 Å². The number of ether oxygens (including phenoxy) is 2. The number of nitrogens with two attached hydrogens (primary N) is 1. The van der Waals surface area contributed by atoms with Gasteiger partial charge < -0.3 is 25.4 Å². The molecule has 8 nitrogen and oxygen atoms in total. The Balaban J connectivity index is 1.95. The second kappa shape index (κ2) is 8.36. The lowest BCUT2D eigenvalue weighted by atomic mass is 10.1. The second-order valence-electron chi connectivity index (χ2n) is 6.04. The number of hydrogen-bond acceptors (Lipinski definition) is 7. The molecule has 3 rings (SSSR count). The SMILES string of the molecule is COc1cc(NC(=O)c2csc(CN)n2)c(C(=O)N2CCCC2)cc1OC. The molecule has 9 heteroatoms. The van der Waals surface area contributed by atoms with Gasteiger partial charge in [-0.05, 0) is 18.9 Å². The van der Waals surface area contributed by atoms with Gasteiger partial charge in [-0.25, -0.2) is 4.98 Å². The molecule has 1 fully saturated rings. The molecule has 1 aromatic carbocycles. The van der Waals surface area contributed by atoms with Crippen molar-refractivity contribution in [1.29, 1.82) is 0 Å². The summed E-state index contributed by atoms with van der Waals surface area (Å²) in [4.78, 5) is 31.5. The highest BCUT2D eigenvalue weighted by Crippen LogP contribution is 2.34. The molecule has 2 aromatic rings. The number of carbonyl (C=O) groups excluding carboxylic acids is 2. The van der Waals surface area contributed by atoms with E-state index in [-0.39, 0.29) is 18.1 Å². The molecule has 1 saturated heterocycles. The van der Waals surface area contributed by atoms with Gasteiger partial charge in [0, 0.05) is 31.1 Å². The lowest BCUT2D eigenvalue weighted by Gasteiger charge is -2.20. The number of methoxy groups -OCH3 is 2. The van der Waals surface area contributed by atoms with Crippen LogP contribution in [0.1, 0.15) is 38.7 Å². The third-order valence-electron chi connectivity index (χ3n) is 4.35. The molecule has 0 aliphatic carbocycles. The van der Waals surface area contributed by atoms with Crippen LogP contribution in [0.5, 0.6) is 11.5 Å². The van der Waals surface area contributed by atoms with Gasteiger partial charge in [-0.2, -0.15) is 0 Å². The van der Waals surface area contributed by atoms with E-state index in [9.17, 15) is 9.59 Å². The van der Waals surface area contributed by atoms with E-state index in [1.54, 1.807) is 22.4 Å². The number of rotatable bonds is 6. The highest BCUT2D eigenvalue weighted by Gasteiger charge is 2.25. The Bertz CT molecular complexity index is 846. The van der Waals surface area contributed by atoms with Crippen molar-refractivity contribution in [3.05, 3.63) is 33.8 Å². The molecule has 0 spiro atoms. The van der Waals surface area contributed by atoms with Gasteiger partial charge in [0.2, 0.25) is 0 Å². The Morgan fingerprint density at radius 2 is 1.89 bits per heavy atom. The predicted molar refractivity (Wildman–Crippen MR) is 103 cm³/mol. The third-order valence-corrected chi connectivity index (χ3v) is 5.23.